The van der Waals surface area contributed by atoms with E-state index in [1.165, 1.54) is 29.7 Å². The van der Waals surface area contributed by atoms with Gasteiger partial charge in [-0.15, -0.1) is 0 Å². The standard InChI is InChI=1S/C21H31N3O/c1-15-11-16(2)13-20(12-15)22-9-6-18(7-10-22)24-14-19-5-4-8-23(19)21(25)17(24)3/h11-13,17-19H,4-10,14H2,1-3H3/t17-,19-/m0/s1. The number of anilines is 1. The molecule has 0 aliphatic carbocycles. The van der Waals surface area contributed by atoms with Gasteiger partial charge in [-0.1, -0.05) is 6.07 Å². The van der Waals surface area contributed by atoms with Crippen LogP contribution in [0.2, 0.25) is 0 Å². The van der Waals surface area contributed by atoms with E-state index in [9.17, 15) is 4.79 Å². The lowest BCUT2D eigenvalue weighted by molar-refractivity contribution is -0.145. The predicted octanol–water partition coefficient (Wildman–Crippen LogP) is 2.97. The lowest BCUT2D eigenvalue weighted by Crippen LogP contribution is -2.62. The number of piperazine rings is 1. The SMILES string of the molecule is Cc1cc(C)cc(N2CCC(N3C[C@@H]4CCCN4C(=O)[C@@H]3C)CC2)c1. The second kappa shape index (κ2) is 6.64. The van der Waals surface area contributed by atoms with Crippen LogP contribution in [0.15, 0.2) is 18.2 Å². The number of aryl methyl sites for hydroxylation is 2. The lowest BCUT2D eigenvalue weighted by atomic mass is 9.97. The highest BCUT2D eigenvalue weighted by molar-refractivity contribution is 5.83. The van der Waals surface area contributed by atoms with Gasteiger partial charge in [-0.2, -0.15) is 0 Å². The molecule has 25 heavy (non-hydrogen) atoms. The van der Waals surface area contributed by atoms with Crippen LogP contribution in [-0.4, -0.2) is 60.0 Å². The summed E-state index contributed by atoms with van der Waals surface area (Å²) in [4.78, 5) is 19.9. The Morgan fingerprint density at radius 2 is 1.60 bits per heavy atom. The first-order valence-corrected chi connectivity index (χ1v) is 9.92. The van der Waals surface area contributed by atoms with E-state index in [1.54, 1.807) is 0 Å². The van der Waals surface area contributed by atoms with Crippen LogP contribution in [0.5, 0.6) is 0 Å². The summed E-state index contributed by atoms with van der Waals surface area (Å²) < 4.78 is 0. The molecule has 4 rings (SSSR count). The number of hydrogen-bond donors (Lipinski definition) is 0. The number of benzene rings is 1. The third-order valence-electron chi connectivity index (χ3n) is 6.44. The Morgan fingerprint density at radius 1 is 0.920 bits per heavy atom. The third kappa shape index (κ3) is 3.17. The lowest BCUT2D eigenvalue weighted by Gasteiger charge is -2.47. The summed E-state index contributed by atoms with van der Waals surface area (Å²) in [7, 11) is 0. The van der Waals surface area contributed by atoms with E-state index in [-0.39, 0.29) is 6.04 Å². The van der Waals surface area contributed by atoms with Gasteiger partial charge in [0.1, 0.15) is 0 Å². The molecule has 4 nitrogen and oxygen atoms in total. The molecular weight excluding hydrogens is 310 g/mol. The first-order valence-electron chi connectivity index (χ1n) is 9.92. The van der Waals surface area contributed by atoms with Crippen molar-refractivity contribution >= 4 is 11.6 Å². The van der Waals surface area contributed by atoms with Gasteiger partial charge in [0, 0.05) is 44.0 Å². The number of amides is 1. The van der Waals surface area contributed by atoms with E-state index in [1.807, 2.05) is 0 Å². The molecule has 4 heteroatoms. The molecule has 0 N–H and O–H groups in total. The number of carbonyl (C=O) groups excluding carboxylic acids is 1. The molecule has 1 aromatic carbocycles. The van der Waals surface area contributed by atoms with E-state index in [0.29, 0.717) is 18.0 Å². The van der Waals surface area contributed by atoms with Crippen molar-refractivity contribution in [3.8, 4) is 0 Å². The molecule has 136 valence electrons. The molecule has 3 aliphatic heterocycles. The maximum atomic E-state index is 12.7. The quantitative estimate of drug-likeness (QED) is 0.827. The number of rotatable bonds is 2. The first kappa shape index (κ1) is 16.9. The van der Waals surface area contributed by atoms with Gasteiger partial charge in [-0.25, -0.2) is 0 Å². The van der Waals surface area contributed by atoms with Gasteiger partial charge in [-0.3, -0.25) is 9.69 Å². The molecule has 3 saturated heterocycles. The minimum Gasteiger partial charge on any atom is -0.371 e. The van der Waals surface area contributed by atoms with E-state index in [2.05, 4.69) is 53.7 Å². The Kier molecular flexibility index (Phi) is 4.48. The second-order valence-electron chi connectivity index (χ2n) is 8.26. The fraction of sp³-hybridized carbons (Fsp3) is 0.667. The molecule has 0 saturated carbocycles. The first-order chi connectivity index (χ1) is 12.0. The van der Waals surface area contributed by atoms with E-state index in [4.69, 9.17) is 0 Å². The van der Waals surface area contributed by atoms with Gasteiger partial charge >= 0.3 is 0 Å². The molecule has 0 spiro atoms. The van der Waals surface area contributed by atoms with Crippen molar-refractivity contribution in [2.45, 2.75) is 64.6 Å². The molecule has 2 atom stereocenters. The van der Waals surface area contributed by atoms with E-state index >= 15 is 0 Å². The van der Waals surface area contributed by atoms with Crippen LogP contribution in [0.3, 0.4) is 0 Å². The summed E-state index contributed by atoms with van der Waals surface area (Å²) in [5, 5.41) is 0. The number of carbonyl (C=O) groups is 1. The Bertz CT molecular complexity index is 630. The van der Waals surface area contributed by atoms with Crippen molar-refractivity contribution in [3.05, 3.63) is 29.3 Å². The summed E-state index contributed by atoms with van der Waals surface area (Å²) in [6.45, 7) is 10.7. The summed E-state index contributed by atoms with van der Waals surface area (Å²) in [6, 6.07) is 7.94. The van der Waals surface area contributed by atoms with Gasteiger partial charge in [0.15, 0.2) is 0 Å². The van der Waals surface area contributed by atoms with Crippen molar-refractivity contribution in [1.29, 1.82) is 0 Å². The van der Waals surface area contributed by atoms with E-state index < -0.39 is 0 Å². The Hall–Kier alpha value is -1.55. The summed E-state index contributed by atoms with van der Waals surface area (Å²) in [5.74, 6) is 0.366. The van der Waals surface area contributed by atoms with Crippen LogP contribution in [0.25, 0.3) is 0 Å². The maximum Gasteiger partial charge on any atom is 0.239 e. The van der Waals surface area contributed by atoms with Crippen LogP contribution in [-0.2, 0) is 4.79 Å². The van der Waals surface area contributed by atoms with Gasteiger partial charge in [0.25, 0.3) is 0 Å². The fourth-order valence-corrected chi connectivity index (χ4v) is 5.15. The average Bonchev–Trinajstić information content (AvgIpc) is 3.06. The smallest absolute Gasteiger partial charge is 0.239 e. The Balaban J connectivity index is 1.42. The molecule has 1 aromatic rings. The van der Waals surface area contributed by atoms with Crippen molar-refractivity contribution < 1.29 is 4.79 Å². The molecule has 1 amide bonds. The number of piperidine rings is 1. The third-order valence-corrected chi connectivity index (χ3v) is 6.44. The highest BCUT2D eigenvalue weighted by atomic mass is 16.2. The highest BCUT2D eigenvalue weighted by Gasteiger charge is 2.43. The molecule has 0 radical (unpaired) electrons. The number of nitrogens with zero attached hydrogens (tertiary/aromatic N) is 3. The van der Waals surface area contributed by atoms with Crippen LogP contribution < -0.4 is 4.90 Å². The highest BCUT2D eigenvalue weighted by Crippen LogP contribution is 2.31. The van der Waals surface area contributed by atoms with Crippen LogP contribution in [0.1, 0.15) is 43.7 Å². The fourth-order valence-electron chi connectivity index (χ4n) is 5.15. The average molecular weight is 341 g/mol. The van der Waals surface area contributed by atoms with Crippen molar-refractivity contribution in [3.63, 3.8) is 0 Å². The summed E-state index contributed by atoms with van der Waals surface area (Å²) in [5.41, 5.74) is 4.04. The maximum absolute atomic E-state index is 12.7. The zero-order valence-corrected chi connectivity index (χ0v) is 15.9. The van der Waals surface area contributed by atoms with Crippen LogP contribution in [0.4, 0.5) is 5.69 Å². The molecule has 3 fully saturated rings. The van der Waals surface area contributed by atoms with Crippen LogP contribution in [0, 0.1) is 13.8 Å². The second-order valence-corrected chi connectivity index (χ2v) is 8.26. The van der Waals surface area contributed by atoms with Crippen LogP contribution >= 0.6 is 0 Å². The van der Waals surface area contributed by atoms with Crippen molar-refractivity contribution in [2.24, 2.45) is 0 Å². The van der Waals surface area contributed by atoms with Crippen molar-refractivity contribution in [1.82, 2.24) is 9.80 Å². The minimum atomic E-state index is 0.0621. The zero-order chi connectivity index (χ0) is 17.6. The Morgan fingerprint density at radius 3 is 2.28 bits per heavy atom. The molecule has 0 aromatic heterocycles. The Labute approximate surface area is 151 Å². The predicted molar refractivity (Wildman–Crippen MR) is 102 cm³/mol. The van der Waals surface area contributed by atoms with Gasteiger partial charge < -0.3 is 9.80 Å². The molecule has 0 unspecified atom stereocenters. The molecule has 0 bridgehead atoms. The topological polar surface area (TPSA) is 26.8 Å². The molecule has 3 aliphatic rings. The van der Waals surface area contributed by atoms with Gasteiger partial charge in [0.05, 0.1) is 6.04 Å². The molecular formula is C21H31N3O. The summed E-state index contributed by atoms with van der Waals surface area (Å²) >= 11 is 0. The summed E-state index contributed by atoms with van der Waals surface area (Å²) in [6.07, 6.45) is 4.70. The molecule has 3 heterocycles. The number of fused-ring (bicyclic) bond motifs is 1. The van der Waals surface area contributed by atoms with Crippen molar-refractivity contribution in [2.75, 3.05) is 31.1 Å². The van der Waals surface area contributed by atoms with E-state index in [0.717, 1.165) is 39.0 Å². The zero-order valence-electron chi connectivity index (χ0n) is 15.9. The largest absolute Gasteiger partial charge is 0.371 e. The van der Waals surface area contributed by atoms with Gasteiger partial charge in [-0.05, 0) is 69.7 Å². The monoisotopic (exact) mass is 341 g/mol. The normalized spacial score (nSPS) is 28.5. The minimum absolute atomic E-state index is 0.0621. The van der Waals surface area contributed by atoms with Gasteiger partial charge in [0.2, 0.25) is 5.91 Å². The number of hydrogen-bond acceptors (Lipinski definition) is 3.